The summed E-state index contributed by atoms with van der Waals surface area (Å²) in [7, 11) is -1.49. The predicted octanol–water partition coefficient (Wildman–Crippen LogP) is 1.19. The van der Waals surface area contributed by atoms with Gasteiger partial charge in [0, 0.05) is 18.3 Å². The molecule has 0 fully saturated rings. The SMILES string of the molecule is CCC(=O)NS(=O)c1ccc(CC)nc1. The van der Waals surface area contributed by atoms with Crippen LogP contribution in [-0.2, 0) is 22.2 Å². The zero-order chi connectivity index (χ0) is 11.3. The van der Waals surface area contributed by atoms with Crippen molar-refractivity contribution in [2.24, 2.45) is 0 Å². The third-order valence-electron chi connectivity index (χ3n) is 1.90. The Balaban J connectivity index is 2.70. The fourth-order valence-corrected chi connectivity index (χ4v) is 1.77. The van der Waals surface area contributed by atoms with Gasteiger partial charge >= 0.3 is 0 Å². The smallest absolute Gasteiger partial charge is 0.231 e. The summed E-state index contributed by atoms with van der Waals surface area (Å²) in [5, 5.41) is 0. The van der Waals surface area contributed by atoms with Crippen LogP contribution >= 0.6 is 0 Å². The lowest BCUT2D eigenvalue weighted by molar-refractivity contribution is -0.118. The minimum Gasteiger partial charge on any atom is -0.274 e. The topological polar surface area (TPSA) is 59.1 Å². The number of nitrogens with one attached hydrogen (secondary N) is 1. The molecule has 0 spiro atoms. The Labute approximate surface area is 91.7 Å². The van der Waals surface area contributed by atoms with E-state index in [0.29, 0.717) is 11.3 Å². The van der Waals surface area contributed by atoms with Crippen LogP contribution < -0.4 is 4.72 Å². The molecule has 4 nitrogen and oxygen atoms in total. The number of aromatic nitrogens is 1. The van der Waals surface area contributed by atoms with Crippen LogP contribution in [0.25, 0.3) is 0 Å². The molecule has 82 valence electrons. The van der Waals surface area contributed by atoms with Crippen LogP contribution in [-0.4, -0.2) is 15.1 Å². The van der Waals surface area contributed by atoms with Crippen LogP contribution in [0.3, 0.4) is 0 Å². The standard InChI is InChI=1S/C10H14N2O2S/c1-3-8-5-6-9(7-11-8)15(14)12-10(13)4-2/h5-7H,3-4H2,1-2H3,(H,12,13). The van der Waals surface area contributed by atoms with Crippen molar-refractivity contribution in [1.82, 2.24) is 9.71 Å². The van der Waals surface area contributed by atoms with E-state index in [9.17, 15) is 9.00 Å². The van der Waals surface area contributed by atoms with Gasteiger partial charge < -0.3 is 0 Å². The number of hydrogen-bond acceptors (Lipinski definition) is 3. The number of carbonyl (C=O) groups excluding carboxylic acids is 1. The van der Waals surface area contributed by atoms with E-state index in [2.05, 4.69) is 9.71 Å². The maximum absolute atomic E-state index is 11.6. The summed E-state index contributed by atoms with van der Waals surface area (Å²) in [6.07, 6.45) is 2.70. The lowest BCUT2D eigenvalue weighted by atomic mass is 10.3. The highest BCUT2D eigenvalue weighted by Crippen LogP contribution is 2.04. The van der Waals surface area contributed by atoms with Gasteiger partial charge in [-0.25, -0.2) is 4.21 Å². The Morgan fingerprint density at radius 2 is 2.20 bits per heavy atom. The van der Waals surface area contributed by atoms with Crippen LogP contribution in [0.15, 0.2) is 23.2 Å². The summed E-state index contributed by atoms with van der Waals surface area (Å²) in [5.74, 6) is -0.229. The first-order valence-corrected chi connectivity index (χ1v) is 5.98. The minimum atomic E-state index is -1.49. The van der Waals surface area contributed by atoms with Crippen molar-refractivity contribution in [1.29, 1.82) is 0 Å². The van der Waals surface area contributed by atoms with E-state index in [1.54, 1.807) is 13.0 Å². The molecule has 0 aliphatic carbocycles. The molecule has 0 saturated heterocycles. The zero-order valence-electron chi connectivity index (χ0n) is 8.82. The van der Waals surface area contributed by atoms with Crippen molar-refractivity contribution in [2.75, 3.05) is 0 Å². The van der Waals surface area contributed by atoms with Gasteiger partial charge in [0.25, 0.3) is 0 Å². The van der Waals surface area contributed by atoms with Gasteiger partial charge in [-0.3, -0.25) is 14.5 Å². The van der Waals surface area contributed by atoms with Crippen LogP contribution in [0.2, 0.25) is 0 Å². The molecule has 1 N–H and O–H groups in total. The molecule has 0 aromatic carbocycles. The summed E-state index contributed by atoms with van der Waals surface area (Å²) in [6, 6.07) is 3.53. The average Bonchev–Trinajstić information content (AvgIpc) is 2.29. The minimum absolute atomic E-state index is 0.229. The molecule has 1 heterocycles. The van der Waals surface area contributed by atoms with E-state index >= 15 is 0 Å². The van der Waals surface area contributed by atoms with Gasteiger partial charge in [-0.05, 0) is 18.6 Å². The largest absolute Gasteiger partial charge is 0.274 e. The van der Waals surface area contributed by atoms with E-state index < -0.39 is 11.0 Å². The summed E-state index contributed by atoms with van der Waals surface area (Å²) in [5.41, 5.74) is 0.942. The maximum atomic E-state index is 11.6. The molecule has 1 aromatic rings. The second kappa shape index (κ2) is 5.60. The van der Waals surface area contributed by atoms with Crippen LogP contribution in [0.4, 0.5) is 0 Å². The normalized spacial score (nSPS) is 12.1. The second-order valence-corrected chi connectivity index (χ2v) is 4.20. The Kier molecular flexibility index (Phi) is 4.42. The van der Waals surface area contributed by atoms with Gasteiger partial charge in [-0.1, -0.05) is 13.8 Å². The van der Waals surface area contributed by atoms with Gasteiger partial charge in [0.2, 0.25) is 5.91 Å². The number of amides is 1. The van der Waals surface area contributed by atoms with Gasteiger partial charge in [-0.2, -0.15) is 0 Å². The molecule has 0 bridgehead atoms. The average molecular weight is 226 g/mol. The highest BCUT2D eigenvalue weighted by Gasteiger charge is 2.06. The van der Waals surface area contributed by atoms with Crippen molar-refractivity contribution < 1.29 is 9.00 Å². The molecule has 1 atom stereocenters. The van der Waals surface area contributed by atoms with Gasteiger partial charge in [0.05, 0.1) is 4.90 Å². The summed E-state index contributed by atoms with van der Waals surface area (Å²) < 4.78 is 13.9. The van der Waals surface area contributed by atoms with E-state index in [0.717, 1.165) is 12.1 Å². The zero-order valence-corrected chi connectivity index (χ0v) is 9.63. The van der Waals surface area contributed by atoms with E-state index in [1.165, 1.54) is 6.20 Å². The van der Waals surface area contributed by atoms with Crippen LogP contribution in [0.1, 0.15) is 26.0 Å². The Bertz CT molecular complexity index is 362. The van der Waals surface area contributed by atoms with Crippen molar-refractivity contribution in [3.8, 4) is 0 Å². The van der Waals surface area contributed by atoms with Crippen molar-refractivity contribution >= 4 is 16.9 Å². The molecule has 1 aromatic heterocycles. The fraction of sp³-hybridized carbons (Fsp3) is 0.400. The monoisotopic (exact) mass is 226 g/mol. The van der Waals surface area contributed by atoms with Crippen molar-refractivity contribution in [2.45, 2.75) is 31.6 Å². The fourth-order valence-electron chi connectivity index (χ4n) is 0.964. The number of nitrogens with zero attached hydrogens (tertiary/aromatic N) is 1. The molecule has 0 saturated carbocycles. The lowest BCUT2D eigenvalue weighted by Crippen LogP contribution is -2.24. The molecule has 5 heteroatoms. The molecular formula is C10H14N2O2S. The molecule has 1 unspecified atom stereocenters. The Morgan fingerprint density at radius 1 is 1.47 bits per heavy atom. The van der Waals surface area contributed by atoms with E-state index in [4.69, 9.17) is 0 Å². The second-order valence-electron chi connectivity index (χ2n) is 2.99. The van der Waals surface area contributed by atoms with Gasteiger partial charge in [-0.15, -0.1) is 0 Å². The highest BCUT2D eigenvalue weighted by atomic mass is 32.2. The number of carbonyl (C=O) groups is 1. The molecule has 1 amide bonds. The molecule has 1 rings (SSSR count). The van der Waals surface area contributed by atoms with E-state index in [1.807, 2.05) is 13.0 Å². The highest BCUT2D eigenvalue weighted by molar-refractivity contribution is 7.83. The predicted molar refractivity (Wildman–Crippen MR) is 58.5 cm³/mol. The summed E-state index contributed by atoms with van der Waals surface area (Å²) >= 11 is 0. The van der Waals surface area contributed by atoms with Crippen LogP contribution in [0.5, 0.6) is 0 Å². The number of rotatable bonds is 4. The first-order chi connectivity index (χ1) is 7.17. The molecule has 0 aliphatic heterocycles. The number of hydrogen-bond donors (Lipinski definition) is 1. The Morgan fingerprint density at radius 3 is 2.67 bits per heavy atom. The summed E-state index contributed by atoms with van der Waals surface area (Å²) in [4.78, 5) is 15.6. The maximum Gasteiger partial charge on any atom is 0.231 e. The summed E-state index contributed by atoms with van der Waals surface area (Å²) in [6.45, 7) is 3.71. The third kappa shape index (κ3) is 3.43. The number of aryl methyl sites for hydroxylation is 1. The first-order valence-electron chi connectivity index (χ1n) is 4.83. The van der Waals surface area contributed by atoms with Crippen molar-refractivity contribution in [3.63, 3.8) is 0 Å². The van der Waals surface area contributed by atoms with Gasteiger partial charge in [0.15, 0.2) is 11.0 Å². The molecule has 15 heavy (non-hydrogen) atoms. The van der Waals surface area contributed by atoms with Crippen LogP contribution in [0, 0.1) is 0 Å². The molecule has 0 radical (unpaired) electrons. The van der Waals surface area contributed by atoms with E-state index in [-0.39, 0.29) is 5.91 Å². The molecular weight excluding hydrogens is 212 g/mol. The Hall–Kier alpha value is -1.23. The quantitative estimate of drug-likeness (QED) is 0.839. The first kappa shape index (κ1) is 11.8. The molecule has 0 aliphatic rings. The lowest BCUT2D eigenvalue weighted by Gasteiger charge is -2.03. The van der Waals surface area contributed by atoms with Crippen molar-refractivity contribution in [3.05, 3.63) is 24.0 Å². The third-order valence-corrected chi connectivity index (χ3v) is 2.98. The number of pyridine rings is 1. The van der Waals surface area contributed by atoms with Gasteiger partial charge in [0.1, 0.15) is 0 Å².